The van der Waals surface area contributed by atoms with E-state index >= 15 is 0 Å². The van der Waals surface area contributed by atoms with Gasteiger partial charge in [-0.1, -0.05) is 82.2 Å². The predicted molar refractivity (Wildman–Crippen MR) is 177 cm³/mol. The smallest absolute Gasteiger partial charge is 0.256 e. The molecule has 2 aromatic rings. The van der Waals surface area contributed by atoms with Crippen LogP contribution < -0.4 is 5.56 Å². The zero-order valence-corrected chi connectivity index (χ0v) is 27.4. The Kier molecular flexibility index (Phi) is 9.53. The number of carbonyl (C=O) groups excluding carboxylic acids is 2. The van der Waals surface area contributed by atoms with Crippen LogP contribution in [0.4, 0.5) is 0 Å². The topological polar surface area (TPSA) is 86.1 Å². The molecule has 1 aromatic carbocycles. The molecule has 2 saturated carbocycles. The van der Waals surface area contributed by atoms with Gasteiger partial charge in [0.05, 0.1) is 17.7 Å². The second-order valence-corrected chi connectivity index (χ2v) is 14.7. The molecule has 2 amide bonds. The van der Waals surface area contributed by atoms with Gasteiger partial charge in [-0.05, 0) is 44.2 Å². The van der Waals surface area contributed by atoms with Gasteiger partial charge in [-0.3, -0.25) is 14.4 Å². The lowest BCUT2D eigenvalue weighted by atomic mass is 9.65. The molecule has 6 rings (SSSR count). The van der Waals surface area contributed by atoms with E-state index in [9.17, 15) is 19.5 Å². The summed E-state index contributed by atoms with van der Waals surface area (Å²) in [4.78, 5) is 47.6. The molecule has 244 valence electrons. The Morgan fingerprint density at radius 2 is 1.60 bits per heavy atom. The van der Waals surface area contributed by atoms with E-state index in [1.165, 1.54) is 32.1 Å². The fourth-order valence-electron chi connectivity index (χ4n) is 8.81. The molecule has 2 aliphatic heterocycles. The number of piperazine rings is 1. The second kappa shape index (κ2) is 13.4. The van der Waals surface area contributed by atoms with Gasteiger partial charge in [-0.2, -0.15) is 0 Å². The van der Waals surface area contributed by atoms with Gasteiger partial charge in [-0.25, -0.2) is 0 Å². The highest BCUT2D eigenvalue weighted by Gasteiger charge is 2.56. The summed E-state index contributed by atoms with van der Waals surface area (Å²) in [7, 11) is 2.06. The van der Waals surface area contributed by atoms with Crippen LogP contribution in [0.2, 0.25) is 0 Å². The molecule has 0 bridgehead atoms. The third-order valence-corrected chi connectivity index (χ3v) is 11.6. The summed E-state index contributed by atoms with van der Waals surface area (Å²) in [5.41, 5.74) is 0.155. The minimum atomic E-state index is -1.14. The molecule has 4 fully saturated rings. The van der Waals surface area contributed by atoms with Crippen molar-refractivity contribution >= 4 is 11.8 Å². The number of amides is 2. The van der Waals surface area contributed by atoms with Crippen molar-refractivity contribution in [2.24, 2.45) is 17.3 Å². The first kappa shape index (κ1) is 32.0. The number of benzene rings is 1. The SMILES string of the molecule is C[C@H](CC1CCCCC1)C(=O)N1CC[C@](O)(Cn2cc(C(=O)N3CCN(C)CC3)c(-c3ccccc3)cc2=O)C2(CCCC2)C1. The van der Waals surface area contributed by atoms with Gasteiger partial charge < -0.3 is 24.4 Å². The summed E-state index contributed by atoms with van der Waals surface area (Å²) in [6.07, 6.45) is 13.1. The molecule has 8 heteroatoms. The first-order chi connectivity index (χ1) is 21.7. The van der Waals surface area contributed by atoms with E-state index in [1.54, 1.807) is 16.8 Å². The van der Waals surface area contributed by atoms with E-state index in [4.69, 9.17) is 0 Å². The van der Waals surface area contributed by atoms with E-state index in [2.05, 4.69) is 18.9 Å². The molecule has 8 nitrogen and oxygen atoms in total. The lowest BCUT2D eigenvalue weighted by Gasteiger charge is -2.53. The molecular formula is C37H52N4O4. The van der Waals surface area contributed by atoms with Gasteiger partial charge >= 0.3 is 0 Å². The highest BCUT2D eigenvalue weighted by atomic mass is 16.3. The van der Waals surface area contributed by atoms with Gasteiger partial charge in [0.2, 0.25) is 5.91 Å². The van der Waals surface area contributed by atoms with Crippen LogP contribution >= 0.6 is 0 Å². The standard InChI is InChI=1S/C37H52N4O4/c1-28(23-29-11-5-3-6-12-29)34(43)40-18-17-37(45,36(26-40)15-9-10-16-36)27-41-25-32(35(44)39-21-19-38(2)20-22-39)31(24-33(41)42)30-13-7-4-8-14-30/h4,7-8,13-14,24-25,28-29,45H,3,5-6,9-12,15-23,26-27H2,1-2H3/t28-,37+/m1/s1. The predicted octanol–water partition coefficient (Wildman–Crippen LogP) is 5.03. The average Bonchev–Trinajstić information content (AvgIpc) is 3.54. The van der Waals surface area contributed by atoms with Crippen molar-refractivity contribution in [3.63, 3.8) is 0 Å². The van der Waals surface area contributed by atoms with Crippen LogP contribution in [-0.2, 0) is 11.3 Å². The van der Waals surface area contributed by atoms with E-state index in [0.717, 1.165) is 50.8 Å². The number of pyridine rings is 1. The van der Waals surface area contributed by atoms with Crippen molar-refractivity contribution in [1.29, 1.82) is 0 Å². The number of aliphatic hydroxyl groups is 1. The molecule has 0 radical (unpaired) electrons. The van der Waals surface area contributed by atoms with Crippen molar-refractivity contribution in [2.45, 2.75) is 89.7 Å². The minimum absolute atomic E-state index is 0.00552. The molecule has 2 atom stereocenters. The minimum Gasteiger partial charge on any atom is -0.387 e. The number of nitrogens with zero attached hydrogens (tertiary/aromatic N) is 4. The molecule has 3 heterocycles. The average molecular weight is 617 g/mol. The Morgan fingerprint density at radius 1 is 0.911 bits per heavy atom. The molecule has 0 unspecified atom stereocenters. The molecule has 2 aliphatic carbocycles. The van der Waals surface area contributed by atoms with Gasteiger partial charge in [0, 0.05) is 68.4 Å². The largest absolute Gasteiger partial charge is 0.387 e. The van der Waals surface area contributed by atoms with E-state index < -0.39 is 11.0 Å². The number of likely N-dealkylation sites (tertiary alicyclic amines) is 1. The molecular weight excluding hydrogens is 564 g/mol. The highest BCUT2D eigenvalue weighted by molar-refractivity contribution is 6.00. The van der Waals surface area contributed by atoms with Gasteiger partial charge in [0.1, 0.15) is 0 Å². The van der Waals surface area contributed by atoms with Crippen molar-refractivity contribution in [3.8, 4) is 11.1 Å². The van der Waals surface area contributed by atoms with Crippen LogP contribution in [-0.4, -0.2) is 88.1 Å². The zero-order chi connectivity index (χ0) is 31.6. The van der Waals surface area contributed by atoms with Crippen LogP contribution in [0.5, 0.6) is 0 Å². The van der Waals surface area contributed by atoms with E-state index in [-0.39, 0.29) is 29.8 Å². The Hall–Kier alpha value is -2.97. The summed E-state index contributed by atoms with van der Waals surface area (Å²) >= 11 is 0. The maximum Gasteiger partial charge on any atom is 0.256 e. The third-order valence-electron chi connectivity index (χ3n) is 11.6. The second-order valence-electron chi connectivity index (χ2n) is 14.7. The summed E-state index contributed by atoms with van der Waals surface area (Å²) in [6, 6.07) is 11.2. The van der Waals surface area contributed by atoms with Gasteiger partial charge in [-0.15, -0.1) is 0 Å². The molecule has 2 saturated heterocycles. The maximum absolute atomic E-state index is 14.0. The summed E-state index contributed by atoms with van der Waals surface area (Å²) in [6.45, 7) is 6.15. The summed E-state index contributed by atoms with van der Waals surface area (Å²) < 4.78 is 1.58. The summed E-state index contributed by atoms with van der Waals surface area (Å²) in [5, 5.41) is 12.5. The van der Waals surface area contributed by atoms with Crippen LogP contribution in [0.25, 0.3) is 11.1 Å². The number of hydrogen-bond donors (Lipinski definition) is 1. The zero-order valence-electron chi connectivity index (χ0n) is 27.4. The maximum atomic E-state index is 14.0. The molecule has 4 aliphatic rings. The fourth-order valence-corrected chi connectivity index (χ4v) is 8.81. The van der Waals surface area contributed by atoms with E-state index in [0.29, 0.717) is 49.6 Å². The van der Waals surface area contributed by atoms with Gasteiger partial charge in [0.25, 0.3) is 11.5 Å². The first-order valence-corrected chi connectivity index (χ1v) is 17.5. The number of aromatic nitrogens is 1. The first-order valence-electron chi connectivity index (χ1n) is 17.5. The third kappa shape index (κ3) is 6.64. The van der Waals surface area contributed by atoms with Crippen LogP contribution in [0.15, 0.2) is 47.4 Å². The highest BCUT2D eigenvalue weighted by Crippen LogP contribution is 2.52. The van der Waals surface area contributed by atoms with Crippen molar-refractivity contribution in [3.05, 3.63) is 58.5 Å². The van der Waals surface area contributed by atoms with Crippen molar-refractivity contribution < 1.29 is 14.7 Å². The number of carbonyl (C=O) groups is 2. The Balaban J connectivity index is 1.26. The quantitative estimate of drug-likeness (QED) is 0.472. The van der Waals surface area contributed by atoms with E-state index in [1.807, 2.05) is 40.1 Å². The number of likely N-dealkylation sites (N-methyl/N-ethyl adjacent to an activating group) is 1. The van der Waals surface area contributed by atoms with Crippen LogP contribution in [0, 0.1) is 17.3 Å². The lowest BCUT2D eigenvalue weighted by molar-refractivity contribution is -0.163. The lowest BCUT2D eigenvalue weighted by Crippen LogP contribution is -2.62. The Bertz CT molecular complexity index is 1400. The fraction of sp³-hybridized carbons (Fsp3) is 0.649. The molecule has 1 spiro atoms. The molecule has 45 heavy (non-hydrogen) atoms. The van der Waals surface area contributed by atoms with Crippen LogP contribution in [0.3, 0.4) is 0 Å². The number of hydrogen-bond acceptors (Lipinski definition) is 5. The van der Waals surface area contributed by atoms with Gasteiger partial charge in [0.15, 0.2) is 0 Å². The number of rotatable bonds is 7. The normalized spacial score (nSPS) is 25.0. The summed E-state index contributed by atoms with van der Waals surface area (Å²) in [5.74, 6) is 0.784. The number of piperidine rings is 1. The Labute approximate surface area is 268 Å². The van der Waals surface area contributed by atoms with Crippen molar-refractivity contribution in [1.82, 2.24) is 19.3 Å². The monoisotopic (exact) mass is 616 g/mol. The molecule has 1 N–H and O–H groups in total. The molecule has 1 aromatic heterocycles. The Morgan fingerprint density at radius 3 is 2.29 bits per heavy atom. The van der Waals surface area contributed by atoms with Crippen LogP contribution in [0.1, 0.15) is 87.9 Å². The van der Waals surface area contributed by atoms with Crippen molar-refractivity contribution in [2.75, 3.05) is 46.3 Å².